The van der Waals surface area contributed by atoms with Crippen LogP contribution in [0.5, 0.6) is 0 Å². The molecule has 0 radical (unpaired) electrons. The molecule has 2 saturated heterocycles. The van der Waals surface area contributed by atoms with E-state index in [9.17, 15) is 14.4 Å². The number of imide groups is 1. The SMILES string of the molecule is C[C@@H]1CCCC[C@]12NC(=O)N(CC(=O)N1CCCCCCC1)C2=O. The highest BCUT2D eigenvalue weighted by Gasteiger charge is 2.55. The number of amides is 4. The molecule has 3 aliphatic rings. The van der Waals surface area contributed by atoms with Crippen LogP contribution >= 0.6 is 0 Å². The summed E-state index contributed by atoms with van der Waals surface area (Å²) in [5.74, 6) is -0.162. The second kappa shape index (κ2) is 7.11. The van der Waals surface area contributed by atoms with E-state index in [1.54, 1.807) is 0 Å². The highest BCUT2D eigenvalue weighted by Crippen LogP contribution is 2.38. The van der Waals surface area contributed by atoms with Crippen LogP contribution in [0.1, 0.15) is 64.7 Å². The van der Waals surface area contributed by atoms with Crippen LogP contribution in [0.15, 0.2) is 0 Å². The number of nitrogens with one attached hydrogen (secondary N) is 1. The van der Waals surface area contributed by atoms with Gasteiger partial charge < -0.3 is 10.2 Å². The van der Waals surface area contributed by atoms with Gasteiger partial charge in [0.05, 0.1) is 0 Å². The topological polar surface area (TPSA) is 69.7 Å². The molecule has 1 spiro atoms. The van der Waals surface area contributed by atoms with Crippen LogP contribution in [0.4, 0.5) is 4.79 Å². The van der Waals surface area contributed by atoms with E-state index in [1.807, 2.05) is 11.8 Å². The number of likely N-dealkylation sites (tertiary alicyclic amines) is 1. The van der Waals surface area contributed by atoms with Crippen LogP contribution in [-0.4, -0.2) is 52.8 Å². The number of carbonyl (C=O) groups excluding carboxylic acids is 3. The molecular formula is C18H29N3O3. The van der Waals surface area contributed by atoms with Gasteiger partial charge in [0.15, 0.2) is 0 Å². The predicted molar refractivity (Wildman–Crippen MR) is 90.3 cm³/mol. The summed E-state index contributed by atoms with van der Waals surface area (Å²) in [6.07, 6.45) is 9.21. The summed E-state index contributed by atoms with van der Waals surface area (Å²) >= 11 is 0. The number of hydrogen-bond acceptors (Lipinski definition) is 3. The minimum atomic E-state index is -0.772. The molecule has 0 aromatic carbocycles. The van der Waals surface area contributed by atoms with E-state index < -0.39 is 11.6 Å². The van der Waals surface area contributed by atoms with Gasteiger partial charge in [-0.15, -0.1) is 0 Å². The minimum Gasteiger partial charge on any atom is -0.341 e. The van der Waals surface area contributed by atoms with Crippen LogP contribution in [0, 0.1) is 5.92 Å². The Labute approximate surface area is 143 Å². The molecule has 2 aliphatic heterocycles. The maximum absolute atomic E-state index is 12.9. The first kappa shape index (κ1) is 17.2. The van der Waals surface area contributed by atoms with Gasteiger partial charge in [0.25, 0.3) is 5.91 Å². The zero-order valence-corrected chi connectivity index (χ0v) is 14.7. The van der Waals surface area contributed by atoms with Crippen molar-refractivity contribution in [2.24, 2.45) is 5.92 Å². The molecule has 3 rings (SSSR count). The van der Waals surface area contributed by atoms with E-state index in [0.717, 1.165) is 62.9 Å². The molecule has 1 aliphatic carbocycles. The zero-order chi connectivity index (χ0) is 17.2. The molecular weight excluding hydrogens is 306 g/mol. The third-order valence-electron chi connectivity index (χ3n) is 6.00. The van der Waals surface area contributed by atoms with E-state index in [4.69, 9.17) is 0 Å². The number of hydrogen-bond donors (Lipinski definition) is 1. The average molecular weight is 335 g/mol. The summed E-state index contributed by atoms with van der Waals surface area (Å²) < 4.78 is 0. The molecule has 0 bridgehead atoms. The molecule has 3 fully saturated rings. The molecule has 0 aromatic rings. The third kappa shape index (κ3) is 3.15. The van der Waals surface area contributed by atoms with E-state index >= 15 is 0 Å². The summed E-state index contributed by atoms with van der Waals surface area (Å²) in [7, 11) is 0. The number of nitrogens with zero attached hydrogens (tertiary/aromatic N) is 2. The number of urea groups is 1. The average Bonchev–Trinajstić information content (AvgIpc) is 2.75. The van der Waals surface area contributed by atoms with Crippen molar-refractivity contribution in [2.45, 2.75) is 70.3 Å². The fraction of sp³-hybridized carbons (Fsp3) is 0.833. The van der Waals surface area contributed by atoms with Gasteiger partial charge in [-0.25, -0.2) is 4.79 Å². The van der Waals surface area contributed by atoms with Gasteiger partial charge in [0, 0.05) is 13.1 Å². The summed E-state index contributed by atoms with van der Waals surface area (Å²) in [4.78, 5) is 40.9. The van der Waals surface area contributed by atoms with E-state index in [0.29, 0.717) is 6.42 Å². The van der Waals surface area contributed by atoms with Crippen LogP contribution in [-0.2, 0) is 9.59 Å². The van der Waals surface area contributed by atoms with Crippen molar-refractivity contribution in [1.29, 1.82) is 0 Å². The predicted octanol–water partition coefficient (Wildman–Crippen LogP) is 2.28. The Bertz CT molecular complexity index is 514. The summed E-state index contributed by atoms with van der Waals surface area (Å²) in [6.45, 7) is 3.40. The fourth-order valence-corrected chi connectivity index (χ4v) is 4.37. The second-order valence-electron chi connectivity index (χ2n) is 7.59. The molecule has 6 nitrogen and oxygen atoms in total. The lowest BCUT2D eigenvalue weighted by molar-refractivity contribution is -0.140. The molecule has 0 aromatic heterocycles. The van der Waals surface area contributed by atoms with E-state index in [1.165, 1.54) is 6.42 Å². The molecule has 24 heavy (non-hydrogen) atoms. The third-order valence-corrected chi connectivity index (χ3v) is 6.00. The van der Waals surface area contributed by atoms with Crippen LogP contribution in [0.25, 0.3) is 0 Å². The smallest absolute Gasteiger partial charge is 0.325 e. The first-order chi connectivity index (χ1) is 11.5. The Hall–Kier alpha value is -1.59. The second-order valence-corrected chi connectivity index (χ2v) is 7.59. The highest BCUT2D eigenvalue weighted by atomic mass is 16.2. The van der Waals surface area contributed by atoms with Crippen molar-refractivity contribution < 1.29 is 14.4 Å². The van der Waals surface area contributed by atoms with E-state index in [-0.39, 0.29) is 24.3 Å². The Morgan fingerprint density at radius 2 is 1.75 bits per heavy atom. The summed E-state index contributed by atoms with van der Waals surface area (Å²) in [5, 5.41) is 2.92. The van der Waals surface area contributed by atoms with Crippen LogP contribution in [0.2, 0.25) is 0 Å². The van der Waals surface area contributed by atoms with Gasteiger partial charge in [0.2, 0.25) is 5.91 Å². The van der Waals surface area contributed by atoms with Gasteiger partial charge in [-0.1, -0.05) is 39.0 Å². The van der Waals surface area contributed by atoms with Crippen LogP contribution in [0.3, 0.4) is 0 Å². The van der Waals surface area contributed by atoms with Gasteiger partial charge >= 0.3 is 6.03 Å². The first-order valence-electron chi connectivity index (χ1n) is 9.46. The largest absolute Gasteiger partial charge is 0.341 e. The Morgan fingerprint density at radius 3 is 2.42 bits per heavy atom. The molecule has 4 amide bonds. The van der Waals surface area contributed by atoms with Crippen molar-refractivity contribution in [3.63, 3.8) is 0 Å². The molecule has 1 N–H and O–H groups in total. The molecule has 2 heterocycles. The standard InChI is InChI=1S/C18H29N3O3/c1-14-9-5-6-10-18(14)16(23)21(17(24)19-18)13-15(22)20-11-7-3-2-4-8-12-20/h14H,2-13H2,1H3,(H,19,24)/t14-,18+/m1/s1. The lowest BCUT2D eigenvalue weighted by Gasteiger charge is -2.36. The maximum atomic E-state index is 12.9. The molecule has 6 heteroatoms. The Morgan fingerprint density at radius 1 is 1.08 bits per heavy atom. The molecule has 1 saturated carbocycles. The van der Waals surface area contributed by atoms with Gasteiger partial charge in [-0.2, -0.15) is 0 Å². The van der Waals surface area contributed by atoms with Gasteiger partial charge in [0.1, 0.15) is 12.1 Å². The highest BCUT2D eigenvalue weighted by molar-refractivity contribution is 6.09. The van der Waals surface area contributed by atoms with Crippen LogP contribution < -0.4 is 5.32 Å². The number of rotatable bonds is 2. The lowest BCUT2D eigenvalue weighted by atomic mass is 9.73. The van der Waals surface area contributed by atoms with Crippen molar-refractivity contribution in [2.75, 3.05) is 19.6 Å². The quantitative estimate of drug-likeness (QED) is 0.787. The Balaban J connectivity index is 1.67. The zero-order valence-electron chi connectivity index (χ0n) is 14.7. The maximum Gasteiger partial charge on any atom is 0.325 e. The van der Waals surface area contributed by atoms with E-state index in [2.05, 4.69) is 5.32 Å². The van der Waals surface area contributed by atoms with Crippen molar-refractivity contribution >= 4 is 17.8 Å². The normalized spacial score (nSPS) is 31.8. The fourth-order valence-electron chi connectivity index (χ4n) is 4.37. The molecule has 0 unspecified atom stereocenters. The lowest BCUT2D eigenvalue weighted by Crippen LogP contribution is -2.54. The number of carbonyl (C=O) groups is 3. The van der Waals surface area contributed by atoms with Crippen molar-refractivity contribution in [1.82, 2.24) is 15.1 Å². The first-order valence-corrected chi connectivity index (χ1v) is 9.46. The van der Waals surface area contributed by atoms with Crippen molar-refractivity contribution in [3.8, 4) is 0 Å². The van der Waals surface area contributed by atoms with Crippen molar-refractivity contribution in [3.05, 3.63) is 0 Å². The van der Waals surface area contributed by atoms with Gasteiger partial charge in [-0.3, -0.25) is 14.5 Å². The van der Waals surface area contributed by atoms with Gasteiger partial charge in [-0.05, 0) is 31.6 Å². The minimum absolute atomic E-state index is 0.0964. The summed E-state index contributed by atoms with van der Waals surface area (Å²) in [6, 6.07) is -0.394. The monoisotopic (exact) mass is 335 g/mol. The summed E-state index contributed by atoms with van der Waals surface area (Å²) in [5.41, 5.74) is -0.772. The Kier molecular flexibility index (Phi) is 5.11. The molecule has 134 valence electrons. The molecule has 2 atom stereocenters.